The lowest BCUT2D eigenvalue weighted by molar-refractivity contribution is -0.116. The summed E-state index contributed by atoms with van der Waals surface area (Å²) in [7, 11) is 0. The minimum Gasteiger partial charge on any atom is -0.487 e. The number of fused-ring (bicyclic) bond motifs is 1. The highest BCUT2D eigenvalue weighted by Gasteiger charge is 2.10. The highest BCUT2D eigenvalue weighted by molar-refractivity contribution is 5.91. The molecule has 1 N–H and O–H groups in total. The van der Waals surface area contributed by atoms with Crippen molar-refractivity contribution in [1.82, 2.24) is 0 Å². The molecule has 7 nitrogen and oxygen atoms in total. The summed E-state index contributed by atoms with van der Waals surface area (Å²) in [6.45, 7) is 6.04. The summed E-state index contributed by atoms with van der Waals surface area (Å²) in [4.78, 5) is 12.5. The third-order valence-corrected chi connectivity index (χ3v) is 7.79. The largest absolute Gasteiger partial charge is 0.487 e. The van der Waals surface area contributed by atoms with E-state index in [9.17, 15) is 4.79 Å². The van der Waals surface area contributed by atoms with E-state index >= 15 is 0 Å². The van der Waals surface area contributed by atoms with Crippen LogP contribution in [0.2, 0.25) is 0 Å². The first-order valence-electron chi connectivity index (χ1n) is 18.2. The van der Waals surface area contributed by atoms with Crippen molar-refractivity contribution in [2.75, 3.05) is 58.2 Å². The van der Waals surface area contributed by atoms with Crippen LogP contribution in [0.25, 0.3) is 0 Å². The Bertz CT molecular complexity index is 1020. The fourth-order valence-electron chi connectivity index (χ4n) is 5.12. The Kier molecular flexibility index (Phi) is 25.5. The first-order chi connectivity index (χ1) is 22.8. The molecule has 0 radical (unpaired) electrons. The molecule has 1 aliphatic heterocycles. The Hall–Kier alpha value is -2.71. The molecule has 0 fully saturated rings. The highest BCUT2D eigenvalue weighted by atomic mass is 16.6. The Balaban J connectivity index is 1.48. The van der Waals surface area contributed by atoms with Crippen molar-refractivity contribution < 1.29 is 28.5 Å². The molecule has 0 aromatic heterocycles. The molecule has 1 heterocycles. The van der Waals surface area contributed by atoms with Gasteiger partial charge in [0.2, 0.25) is 5.91 Å². The second-order valence-electron chi connectivity index (χ2n) is 11.9. The summed E-state index contributed by atoms with van der Waals surface area (Å²) in [5, 5.41) is 3.00. The molecule has 0 aliphatic carbocycles. The number of benzene rings is 1. The van der Waals surface area contributed by atoms with E-state index in [4.69, 9.17) is 23.7 Å². The molecule has 2 rings (SSSR count). The van der Waals surface area contributed by atoms with Gasteiger partial charge in [0, 0.05) is 31.0 Å². The molecular formula is C39H61NO6. The third kappa shape index (κ3) is 22.7. The lowest BCUT2D eigenvalue weighted by Gasteiger charge is -2.15. The zero-order valence-corrected chi connectivity index (χ0v) is 28.8. The lowest BCUT2D eigenvalue weighted by Crippen LogP contribution is -2.13. The third-order valence-electron chi connectivity index (χ3n) is 7.79. The van der Waals surface area contributed by atoms with E-state index in [0.717, 1.165) is 38.5 Å². The van der Waals surface area contributed by atoms with Crippen molar-refractivity contribution in [3.63, 3.8) is 0 Å². The van der Waals surface area contributed by atoms with Crippen LogP contribution in [0.5, 0.6) is 11.5 Å². The topological polar surface area (TPSA) is 75.3 Å². The zero-order valence-electron chi connectivity index (χ0n) is 28.8. The molecule has 1 aliphatic rings. The number of carbonyl (C=O) groups is 1. The van der Waals surface area contributed by atoms with E-state index in [1.807, 2.05) is 18.2 Å². The molecule has 0 saturated carbocycles. The standard InChI is InChI=1S/C39H61NO6/c1-2-3-4-5-6-7-8-9-10-11-12-13-14-15-16-17-18-19-20-21-22-23-24-39(41)40-36-25-26-37-38(35-36)46-34-32-44-30-28-42-27-29-43-31-33-45-37/h25-26,35H,2-12,17-24,27-34H2,1H3,(H,40,41). The number of rotatable bonds is 19. The van der Waals surface area contributed by atoms with Crippen molar-refractivity contribution in [3.05, 3.63) is 18.2 Å². The fourth-order valence-corrected chi connectivity index (χ4v) is 5.12. The molecule has 1 aromatic carbocycles. The van der Waals surface area contributed by atoms with Gasteiger partial charge in [-0.05, 0) is 43.2 Å². The van der Waals surface area contributed by atoms with Crippen molar-refractivity contribution in [2.45, 2.75) is 129 Å². The number of ether oxygens (including phenoxy) is 5. The predicted octanol–water partition coefficient (Wildman–Crippen LogP) is 8.88. The Morgan fingerprint density at radius 3 is 1.59 bits per heavy atom. The van der Waals surface area contributed by atoms with Gasteiger partial charge in [0.05, 0.1) is 39.6 Å². The smallest absolute Gasteiger partial charge is 0.224 e. The summed E-state index contributed by atoms with van der Waals surface area (Å²) < 4.78 is 28.2. The maximum atomic E-state index is 12.5. The van der Waals surface area contributed by atoms with Gasteiger partial charge in [-0.25, -0.2) is 0 Å². The number of anilines is 1. The monoisotopic (exact) mass is 639 g/mol. The van der Waals surface area contributed by atoms with Gasteiger partial charge in [0.1, 0.15) is 13.2 Å². The summed E-state index contributed by atoms with van der Waals surface area (Å²) in [6.07, 6.45) is 22.5. The second kappa shape index (κ2) is 29.7. The molecule has 1 amide bonds. The van der Waals surface area contributed by atoms with Crippen LogP contribution in [0.3, 0.4) is 0 Å². The molecule has 0 unspecified atom stereocenters. The average Bonchev–Trinajstić information content (AvgIpc) is 3.07. The van der Waals surface area contributed by atoms with Crippen LogP contribution in [-0.4, -0.2) is 58.8 Å². The van der Waals surface area contributed by atoms with Crippen LogP contribution in [0, 0.1) is 23.7 Å². The molecule has 0 spiro atoms. The normalized spacial score (nSPS) is 14.1. The van der Waals surface area contributed by atoms with Gasteiger partial charge < -0.3 is 29.0 Å². The van der Waals surface area contributed by atoms with Crippen LogP contribution < -0.4 is 14.8 Å². The summed E-state index contributed by atoms with van der Waals surface area (Å²) in [6, 6.07) is 5.47. The van der Waals surface area contributed by atoms with Crippen molar-refractivity contribution in [3.8, 4) is 35.2 Å². The lowest BCUT2D eigenvalue weighted by atomic mass is 10.1. The van der Waals surface area contributed by atoms with Crippen LogP contribution in [0.4, 0.5) is 5.69 Å². The molecular weight excluding hydrogens is 578 g/mol. The Labute approximate surface area is 280 Å². The highest BCUT2D eigenvalue weighted by Crippen LogP contribution is 2.31. The fraction of sp³-hybridized carbons (Fsp3) is 0.718. The molecule has 0 bridgehead atoms. The first kappa shape index (κ1) is 39.5. The van der Waals surface area contributed by atoms with Crippen molar-refractivity contribution in [2.24, 2.45) is 0 Å². The van der Waals surface area contributed by atoms with E-state index in [-0.39, 0.29) is 5.91 Å². The minimum atomic E-state index is 0.0132. The first-order valence-corrected chi connectivity index (χ1v) is 18.2. The molecule has 46 heavy (non-hydrogen) atoms. The average molecular weight is 640 g/mol. The van der Waals surface area contributed by atoms with Gasteiger partial charge in [0.15, 0.2) is 11.5 Å². The van der Waals surface area contributed by atoms with Gasteiger partial charge in [-0.15, -0.1) is 0 Å². The number of nitrogens with one attached hydrogen (secondary N) is 1. The Morgan fingerprint density at radius 2 is 1.04 bits per heavy atom. The number of carbonyl (C=O) groups excluding carboxylic acids is 1. The molecule has 1 aromatic rings. The van der Waals surface area contributed by atoms with E-state index in [1.165, 1.54) is 77.0 Å². The van der Waals surface area contributed by atoms with Crippen molar-refractivity contribution in [1.29, 1.82) is 0 Å². The molecule has 258 valence electrons. The van der Waals surface area contributed by atoms with E-state index in [2.05, 4.69) is 35.9 Å². The second-order valence-corrected chi connectivity index (χ2v) is 11.9. The summed E-state index contributed by atoms with van der Waals surface area (Å²) >= 11 is 0. The van der Waals surface area contributed by atoms with Gasteiger partial charge in [0.25, 0.3) is 0 Å². The van der Waals surface area contributed by atoms with E-state index in [1.54, 1.807) is 0 Å². The number of hydrogen-bond donors (Lipinski definition) is 1. The predicted molar refractivity (Wildman–Crippen MR) is 187 cm³/mol. The van der Waals surface area contributed by atoms with Crippen LogP contribution in [0.1, 0.15) is 129 Å². The zero-order chi connectivity index (χ0) is 32.6. The molecule has 0 atom stereocenters. The Morgan fingerprint density at radius 1 is 0.587 bits per heavy atom. The van der Waals surface area contributed by atoms with Gasteiger partial charge >= 0.3 is 0 Å². The number of unbranched alkanes of at least 4 members (excludes halogenated alkanes) is 16. The van der Waals surface area contributed by atoms with Crippen LogP contribution in [0.15, 0.2) is 18.2 Å². The van der Waals surface area contributed by atoms with E-state index < -0.39 is 0 Å². The summed E-state index contributed by atoms with van der Waals surface area (Å²) in [5.74, 6) is 13.7. The van der Waals surface area contributed by atoms with Crippen molar-refractivity contribution >= 4 is 11.6 Å². The number of amides is 1. The van der Waals surface area contributed by atoms with Gasteiger partial charge in [-0.3, -0.25) is 4.79 Å². The summed E-state index contributed by atoms with van der Waals surface area (Å²) in [5.41, 5.74) is 0.695. The van der Waals surface area contributed by atoms with Gasteiger partial charge in [-0.1, -0.05) is 102 Å². The molecule has 7 heteroatoms. The quantitative estimate of drug-likeness (QED) is 0.120. The van der Waals surface area contributed by atoms with Crippen LogP contribution in [-0.2, 0) is 19.0 Å². The van der Waals surface area contributed by atoms with E-state index in [0.29, 0.717) is 76.5 Å². The van der Waals surface area contributed by atoms with Crippen LogP contribution >= 0.6 is 0 Å². The SMILES string of the molecule is CCCCCCCCCCCCC#CC#CCCCCCCCCC(=O)Nc1ccc2c(c1)OCCOCCOCCOCCO2. The maximum absolute atomic E-state index is 12.5. The molecule has 0 saturated heterocycles. The minimum absolute atomic E-state index is 0.0132. The van der Waals surface area contributed by atoms with Gasteiger partial charge in [-0.2, -0.15) is 0 Å². The number of hydrogen-bond acceptors (Lipinski definition) is 6. The maximum Gasteiger partial charge on any atom is 0.224 e.